The van der Waals surface area contributed by atoms with Crippen molar-refractivity contribution in [2.24, 2.45) is 5.92 Å². The molecule has 3 saturated heterocycles. The lowest BCUT2D eigenvalue weighted by Gasteiger charge is -2.44. The van der Waals surface area contributed by atoms with Crippen LogP contribution in [0.3, 0.4) is 0 Å². The molecule has 3 aliphatic heterocycles. The van der Waals surface area contributed by atoms with Crippen LogP contribution < -0.4 is 14.2 Å². The third kappa shape index (κ3) is 2.93. The molecule has 3 fully saturated rings. The van der Waals surface area contributed by atoms with E-state index >= 15 is 0 Å². The molecular formula is C15H22N2O4S. The standard InChI is InChI=1S/C15H22N2O4S/c1-20-12-3-4-14(21-2)15(9-12)22(18,19)16-13-10-17-7-5-11(13)6-8-17/h3-4,9,11,13,16H,5-8,10H2,1-2H3. The summed E-state index contributed by atoms with van der Waals surface area (Å²) in [4.78, 5) is 2.45. The van der Waals surface area contributed by atoms with E-state index in [1.54, 1.807) is 12.1 Å². The van der Waals surface area contributed by atoms with Crippen molar-refractivity contribution in [3.8, 4) is 11.5 Å². The van der Waals surface area contributed by atoms with Crippen molar-refractivity contribution in [1.82, 2.24) is 9.62 Å². The van der Waals surface area contributed by atoms with Crippen molar-refractivity contribution >= 4 is 10.0 Å². The Morgan fingerprint density at radius 1 is 1.18 bits per heavy atom. The van der Waals surface area contributed by atoms with Crippen LogP contribution in [0.15, 0.2) is 23.1 Å². The number of hydrogen-bond donors (Lipinski definition) is 1. The third-order valence-electron chi connectivity index (χ3n) is 4.62. The molecule has 0 aromatic heterocycles. The quantitative estimate of drug-likeness (QED) is 0.877. The Balaban J connectivity index is 1.86. The lowest BCUT2D eigenvalue weighted by molar-refractivity contribution is 0.0827. The molecule has 0 spiro atoms. The summed E-state index contributed by atoms with van der Waals surface area (Å²) in [5.41, 5.74) is 0. The van der Waals surface area contributed by atoms with Gasteiger partial charge in [0.25, 0.3) is 0 Å². The highest BCUT2D eigenvalue weighted by molar-refractivity contribution is 7.89. The number of nitrogens with zero attached hydrogens (tertiary/aromatic N) is 1. The molecule has 3 aliphatic rings. The molecule has 122 valence electrons. The summed E-state index contributed by atoms with van der Waals surface area (Å²) in [7, 11) is -0.659. The van der Waals surface area contributed by atoms with Crippen LogP contribution in [0.4, 0.5) is 0 Å². The maximum atomic E-state index is 12.8. The Kier molecular flexibility index (Phi) is 4.29. The highest BCUT2D eigenvalue weighted by Gasteiger charge is 2.37. The zero-order valence-electron chi connectivity index (χ0n) is 12.9. The fourth-order valence-electron chi connectivity index (χ4n) is 3.36. The highest BCUT2D eigenvalue weighted by Crippen LogP contribution is 2.31. The van der Waals surface area contributed by atoms with E-state index in [9.17, 15) is 8.42 Å². The fourth-order valence-corrected chi connectivity index (χ4v) is 4.84. The van der Waals surface area contributed by atoms with Crippen LogP contribution in [0.2, 0.25) is 0 Å². The second kappa shape index (κ2) is 6.06. The second-order valence-corrected chi connectivity index (χ2v) is 7.57. The zero-order chi connectivity index (χ0) is 15.7. The van der Waals surface area contributed by atoms with Gasteiger partial charge in [0, 0.05) is 18.7 Å². The van der Waals surface area contributed by atoms with E-state index in [1.165, 1.54) is 20.3 Å². The molecule has 3 heterocycles. The van der Waals surface area contributed by atoms with Crippen LogP contribution >= 0.6 is 0 Å². The van der Waals surface area contributed by atoms with Crippen molar-refractivity contribution in [2.45, 2.75) is 23.8 Å². The van der Waals surface area contributed by atoms with Gasteiger partial charge in [0.05, 0.1) is 14.2 Å². The number of hydrogen-bond acceptors (Lipinski definition) is 5. The van der Waals surface area contributed by atoms with Crippen molar-refractivity contribution in [2.75, 3.05) is 33.9 Å². The van der Waals surface area contributed by atoms with Crippen molar-refractivity contribution < 1.29 is 17.9 Å². The first-order valence-electron chi connectivity index (χ1n) is 7.50. The van der Waals surface area contributed by atoms with E-state index in [0.717, 1.165) is 32.5 Å². The summed E-state index contributed by atoms with van der Waals surface area (Å²) in [5.74, 6) is 1.25. The monoisotopic (exact) mass is 326 g/mol. The number of fused-ring (bicyclic) bond motifs is 3. The van der Waals surface area contributed by atoms with E-state index in [-0.39, 0.29) is 10.9 Å². The second-order valence-electron chi connectivity index (χ2n) is 5.88. The predicted molar refractivity (Wildman–Crippen MR) is 82.8 cm³/mol. The molecule has 7 heteroatoms. The third-order valence-corrected chi connectivity index (χ3v) is 6.13. The van der Waals surface area contributed by atoms with Crippen molar-refractivity contribution in [1.29, 1.82) is 0 Å². The number of ether oxygens (including phenoxy) is 2. The van der Waals surface area contributed by atoms with Gasteiger partial charge in [0.1, 0.15) is 16.4 Å². The minimum Gasteiger partial charge on any atom is -0.497 e. The summed E-state index contributed by atoms with van der Waals surface area (Å²) in [6, 6.07) is 4.78. The van der Waals surface area contributed by atoms with E-state index < -0.39 is 10.0 Å². The molecular weight excluding hydrogens is 304 g/mol. The zero-order valence-corrected chi connectivity index (χ0v) is 13.7. The van der Waals surface area contributed by atoms with Gasteiger partial charge < -0.3 is 14.4 Å². The van der Waals surface area contributed by atoms with Crippen LogP contribution in [-0.4, -0.2) is 53.2 Å². The Bertz CT molecular complexity index is 639. The van der Waals surface area contributed by atoms with Crippen LogP contribution in [0, 0.1) is 5.92 Å². The molecule has 1 N–H and O–H groups in total. The molecule has 1 atom stereocenters. The summed E-state index contributed by atoms with van der Waals surface area (Å²) in [6.07, 6.45) is 2.12. The summed E-state index contributed by atoms with van der Waals surface area (Å²) < 4.78 is 38.7. The van der Waals surface area contributed by atoms with Crippen LogP contribution in [-0.2, 0) is 10.0 Å². The predicted octanol–water partition coefficient (Wildman–Crippen LogP) is 1.08. The van der Waals surface area contributed by atoms with Crippen LogP contribution in [0.1, 0.15) is 12.8 Å². The number of nitrogens with one attached hydrogen (secondary N) is 1. The molecule has 4 rings (SSSR count). The van der Waals surface area contributed by atoms with Gasteiger partial charge in [0.2, 0.25) is 10.0 Å². The molecule has 1 aromatic carbocycles. The van der Waals surface area contributed by atoms with Gasteiger partial charge in [-0.1, -0.05) is 0 Å². The number of sulfonamides is 1. The van der Waals surface area contributed by atoms with E-state index in [0.29, 0.717) is 17.4 Å². The topological polar surface area (TPSA) is 67.9 Å². The highest BCUT2D eigenvalue weighted by atomic mass is 32.2. The molecule has 6 nitrogen and oxygen atoms in total. The maximum Gasteiger partial charge on any atom is 0.244 e. The summed E-state index contributed by atoms with van der Waals surface area (Å²) in [5, 5.41) is 0. The Labute approximate surface area is 131 Å². The Hall–Kier alpha value is -1.31. The largest absolute Gasteiger partial charge is 0.497 e. The summed E-state index contributed by atoms with van der Waals surface area (Å²) in [6.45, 7) is 2.94. The van der Waals surface area contributed by atoms with Gasteiger partial charge in [-0.25, -0.2) is 13.1 Å². The number of methoxy groups -OCH3 is 2. The minimum atomic E-state index is -3.64. The smallest absolute Gasteiger partial charge is 0.244 e. The van der Waals surface area contributed by atoms with Crippen molar-refractivity contribution in [3.63, 3.8) is 0 Å². The number of piperidine rings is 3. The van der Waals surface area contributed by atoms with Crippen LogP contribution in [0.25, 0.3) is 0 Å². The first-order valence-corrected chi connectivity index (χ1v) is 8.98. The molecule has 2 bridgehead atoms. The van der Waals surface area contributed by atoms with Gasteiger partial charge in [-0.15, -0.1) is 0 Å². The van der Waals surface area contributed by atoms with E-state index in [4.69, 9.17) is 9.47 Å². The number of rotatable bonds is 5. The molecule has 1 unspecified atom stereocenters. The molecule has 0 amide bonds. The van der Waals surface area contributed by atoms with Crippen molar-refractivity contribution in [3.05, 3.63) is 18.2 Å². The van der Waals surface area contributed by atoms with Crippen LogP contribution in [0.5, 0.6) is 11.5 Å². The van der Waals surface area contributed by atoms with Gasteiger partial charge in [-0.2, -0.15) is 0 Å². The van der Waals surface area contributed by atoms with Gasteiger partial charge in [-0.05, 0) is 44.0 Å². The molecule has 22 heavy (non-hydrogen) atoms. The average molecular weight is 326 g/mol. The molecule has 1 aromatic rings. The van der Waals surface area contributed by atoms with E-state index in [1.807, 2.05) is 0 Å². The first kappa shape index (κ1) is 15.6. The molecule has 0 radical (unpaired) electrons. The van der Waals surface area contributed by atoms with Gasteiger partial charge in [-0.3, -0.25) is 0 Å². The first-order chi connectivity index (χ1) is 10.5. The Morgan fingerprint density at radius 3 is 2.45 bits per heavy atom. The summed E-state index contributed by atoms with van der Waals surface area (Å²) >= 11 is 0. The number of benzene rings is 1. The fraction of sp³-hybridized carbons (Fsp3) is 0.600. The lowest BCUT2D eigenvalue weighted by Crippen LogP contribution is -2.57. The SMILES string of the molecule is COc1ccc(OC)c(S(=O)(=O)NC2CN3CCC2CC3)c1. The Morgan fingerprint density at radius 2 is 1.91 bits per heavy atom. The van der Waals surface area contributed by atoms with E-state index in [2.05, 4.69) is 9.62 Å². The lowest BCUT2D eigenvalue weighted by atomic mass is 9.85. The molecule has 0 saturated carbocycles. The van der Waals surface area contributed by atoms with Gasteiger partial charge >= 0.3 is 0 Å². The maximum absolute atomic E-state index is 12.8. The van der Waals surface area contributed by atoms with Gasteiger partial charge in [0.15, 0.2) is 0 Å². The average Bonchev–Trinajstić information content (AvgIpc) is 2.55. The molecule has 0 aliphatic carbocycles. The minimum absolute atomic E-state index is 0.0246. The normalized spacial score (nSPS) is 27.6.